The van der Waals surface area contributed by atoms with E-state index in [-0.39, 0.29) is 6.54 Å². The molecule has 0 bridgehead atoms. The highest BCUT2D eigenvalue weighted by Crippen LogP contribution is 2.18. The first-order valence-corrected chi connectivity index (χ1v) is 8.28. The molecule has 1 aromatic rings. The van der Waals surface area contributed by atoms with Gasteiger partial charge in [0.2, 0.25) is 0 Å². The average molecular weight is 302 g/mol. The lowest BCUT2D eigenvalue weighted by molar-refractivity contribution is 0.389. The third-order valence-corrected chi connectivity index (χ3v) is 4.70. The van der Waals surface area contributed by atoms with Crippen molar-refractivity contribution in [1.82, 2.24) is 19.5 Å². The van der Waals surface area contributed by atoms with Crippen LogP contribution in [0.3, 0.4) is 0 Å². The second kappa shape index (κ2) is 6.66. The maximum atomic E-state index is 12.0. The predicted molar refractivity (Wildman–Crippen MR) is 75.3 cm³/mol. The third-order valence-electron chi connectivity index (χ3n) is 3.18. The summed E-state index contributed by atoms with van der Waals surface area (Å²) in [5.41, 5.74) is 0.579. The molecule has 0 saturated heterocycles. The second-order valence-electron chi connectivity index (χ2n) is 5.16. The molecule has 20 heavy (non-hydrogen) atoms. The van der Waals surface area contributed by atoms with Gasteiger partial charge in [0.1, 0.15) is 5.76 Å². The first-order valence-electron chi connectivity index (χ1n) is 6.84. The Morgan fingerprint density at radius 2 is 2.25 bits per heavy atom. The average Bonchev–Trinajstić information content (AvgIpc) is 3.13. The van der Waals surface area contributed by atoms with Gasteiger partial charge in [-0.1, -0.05) is 5.16 Å². The van der Waals surface area contributed by atoms with Crippen molar-refractivity contribution in [2.24, 2.45) is 0 Å². The number of hydrogen-bond donors (Lipinski definition) is 2. The molecule has 0 unspecified atom stereocenters. The van der Waals surface area contributed by atoms with E-state index in [4.69, 9.17) is 4.52 Å². The molecule has 114 valence electrons. The summed E-state index contributed by atoms with van der Waals surface area (Å²) in [5, 5.41) is 7.11. The highest BCUT2D eigenvalue weighted by Gasteiger charge is 2.21. The van der Waals surface area contributed by atoms with Gasteiger partial charge in [-0.15, -0.1) is 0 Å². The molecule has 1 aliphatic carbocycles. The lowest BCUT2D eigenvalue weighted by Gasteiger charge is -2.17. The summed E-state index contributed by atoms with van der Waals surface area (Å²) in [6.45, 7) is 3.26. The fourth-order valence-electron chi connectivity index (χ4n) is 1.79. The fraction of sp³-hybridized carbons (Fsp3) is 0.750. The standard InChI is InChI=1S/C12H22N4O3S/c1-10-8-12(15-19-10)9-14-20(17,18)16(2)7-3-6-13-11-4-5-11/h8,11,13-14H,3-7,9H2,1-2H3. The van der Waals surface area contributed by atoms with Crippen LogP contribution in [0.4, 0.5) is 0 Å². The smallest absolute Gasteiger partial charge is 0.279 e. The highest BCUT2D eigenvalue weighted by molar-refractivity contribution is 7.87. The van der Waals surface area contributed by atoms with Crippen LogP contribution in [0.2, 0.25) is 0 Å². The first-order chi connectivity index (χ1) is 9.47. The molecule has 1 saturated carbocycles. The first kappa shape index (κ1) is 15.4. The Morgan fingerprint density at radius 3 is 2.85 bits per heavy atom. The van der Waals surface area contributed by atoms with Gasteiger partial charge in [0, 0.05) is 25.7 Å². The molecule has 7 nitrogen and oxygen atoms in total. The van der Waals surface area contributed by atoms with Gasteiger partial charge in [0.15, 0.2) is 0 Å². The van der Waals surface area contributed by atoms with Crippen LogP contribution in [0.1, 0.15) is 30.7 Å². The van der Waals surface area contributed by atoms with Crippen LogP contribution in [0.5, 0.6) is 0 Å². The van der Waals surface area contributed by atoms with E-state index in [1.807, 2.05) is 0 Å². The topological polar surface area (TPSA) is 87.5 Å². The predicted octanol–water partition coefficient (Wildman–Crippen LogP) is 0.391. The summed E-state index contributed by atoms with van der Waals surface area (Å²) < 4.78 is 32.7. The van der Waals surface area contributed by atoms with Crippen LogP contribution in [-0.4, -0.2) is 44.1 Å². The lowest BCUT2D eigenvalue weighted by atomic mass is 10.4. The zero-order valence-electron chi connectivity index (χ0n) is 11.9. The highest BCUT2D eigenvalue weighted by atomic mass is 32.2. The Kier molecular flexibility index (Phi) is 5.14. The Hall–Kier alpha value is -0.960. The van der Waals surface area contributed by atoms with E-state index in [1.54, 1.807) is 20.0 Å². The molecule has 1 heterocycles. The third kappa shape index (κ3) is 4.86. The normalized spacial score (nSPS) is 15.9. The number of aryl methyl sites for hydroxylation is 1. The van der Waals surface area contributed by atoms with Crippen molar-refractivity contribution >= 4 is 10.2 Å². The summed E-state index contributed by atoms with van der Waals surface area (Å²) in [6.07, 6.45) is 3.29. The van der Waals surface area contributed by atoms with Crippen LogP contribution in [-0.2, 0) is 16.8 Å². The van der Waals surface area contributed by atoms with Gasteiger partial charge in [-0.3, -0.25) is 0 Å². The van der Waals surface area contributed by atoms with Crippen LogP contribution >= 0.6 is 0 Å². The van der Waals surface area contributed by atoms with Crippen LogP contribution in [0, 0.1) is 6.92 Å². The molecule has 0 spiro atoms. The molecular weight excluding hydrogens is 280 g/mol. The molecule has 8 heteroatoms. The number of aromatic nitrogens is 1. The number of rotatable bonds is 9. The van der Waals surface area contributed by atoms with E-state index in [9.17, 15) is 8.42 Å². The van der Waals surface area contributed by atoms with Crippen molar-refractivity contribution in [3.8, 4) is 0 Å². The summed E-state index contributed by atoms with van der Waals surface area (Å²) in [7, 11) is -1.88. The molecule has 1 aromatic heterocycles. The van der Waals surface area contributed by atoms with E-state index in [0.29, 0.717) is 24.0 Å². The summed E-state index contributed by atoms with van der Waals surface area (Å²) in [5.74, 6) is 0.665. The Bertz CT molecular complexity index is 525. The van der Waals surface area contributed by atoms with Gasteiger partial charge in [-0.2, -0.15) is 17.4 Å². The van der Waals surface area contributed by atoms with E-state index in [2.05, 4.69) is 15.2 Å². The monoisotopic (exact) mass is 302 g/mol. The SMILES string of the molecule is Cc1cc(CNS(=O)(=O)N(C)CCCNC2CC2)no1. The summed E-state index contributed by atoms with van der Waals surface area (Å²) >= 11 is 0. The van der Waals surface area contributed by atoms with E-state index in [0.717, 1.165) is 13.0 Å². The number of nitrogens with zero attached hydrogens (tertiary/aromatic N) is 2. The molecule has 0 amide bonds. The second-order valence-corrected chi connectivity index (χ2v) is 7.02. The quantitative estimate of drug-likeness (QED) is 0.644. The number of hydrogen-bond acceptors (Lipinski definition) is 5. The molecule has 0 atom stereocenters. The molecule has 1 fully saturated rings. The van der Waals surface area contributed by atoms with E-state index >= 15 is 0 Å². The van der Waals surface area contributed by atoms with Crippen molar-refractivity contribution < 1.29 is 12.9 Å². The Balaban J connectivity index is 1.70. The molecule has 0 aliphatic heterocycles. The maximum absolute atomic E-state index is 12.0. The minimum absolute atomic E-state index is 0.143. The van der Waals surface area contributed by atoms with Gasteiger partial charge >= 0.3 is 0 Å². The Labute approximate surface area is 119 Å². The van der Waals surface area contributed by atoms with Crippen LogP contribution in [0.15, 0.2) is 10.6 Å². The van der Waals surface area contributed by atoms with Crippen molar-refractivity contribution in [3.05, 3.63) is 17.5 Å². The lowest BCUT2D eigenvalue weighted by Crippen LogP contribution is -2.39. The molecule has 1 aliphatic rings. The van der Waals surface area contributed by atoms with Crippen molar-refractivity contribution in [2.45, 2.75) is 38.8 Å². The van der Waals surface area contributed by atoms with Gasteiger partial charge in [-0.05, 0) is 32.7 Å². The molecule has 2 N–H and O–H groups in total. The zero-order valence-corrected chi connectivity index (χ0v) is 12.7. The molecular formula is C12H22N4O3S. The van der Waals surface area contributed by atoms with Crippen LogP contribution in [0.25, 0.3) is 0 Å². The van der Waals surface area contributed by atoms with Crippen molar-refractivity contribution in [3.63, 3.8) is 0 Å². The van der Waals surface area contributed by atoms with Gasteiger partial charge in [0.05, 0.1) is 12.2 Å². The summed E-state index contributed by atoms with van der Waals surface area (Å²) in [6, 6.07) is 2.37. The maximum Gasteiger partial charge on any atom is 0.279 e. The fourth-order valence-corrected chi connectivity index (χ4v) is 2.71. The summed E-state index contributed by atoms with van der Waals surface area (Å²) in [4.78, 5) is 0. The number of nitrogens with one attached hydrogen (secondary N) is 2. The van der Waals surface area contributed by atoms with Crippen LogP contribution < -0.4 is 10.0 Å². The van der Waals surface area contributed by atoms with Gasteiger partial charge < -0.3 is 9.84 Å². The minimum atomic E-state index is -3.46. The van der Waals surface area contributed by atoms with Crippen molar-refractivity contribution in [1.29, 1.82) is 0 Å². The van der Waals surface area contributed by atoms with Crippen molar-refractivity contribution in [2.75, 3.05) is 20.1 Å². The zero-order chi connectivity index (χ0) is 14.6. The van der Waals surface area contributed by atoms with E-state index < -0.39 is 10.2 Å². The van der Waals surface area contributed by atoms with Gasteiger partial charge in [0.25, 0.3) is 10.2 Å². The molecule has 0 aromatic carbocycles. The largest absolute Gasteiger partial charge is 0.361 e. The molecule has 0 radical (unpaired) electrons. The Morgan fingerprint density at radius 1 is 1.50 bits per heavy atom. The van der Waals surface area contributed by atoms with Gasteiger partial charge in [-0.25, -0.2) is 0 Å². The molecule has 2 rings (SSSR count). The minimum Gasteiger partial charge on any atom is -0.361 e. The van der Waals surface area contributed by atoms with E-state index in [1.165, 1.54) is 17.1 Å².